The number of rotatable bonds is 5. The number of hydrogen-bond donors (Lipinski definition) is 1. The highest BCUT2D eigenvalue weighted by Gasteiger charge is 2.14. The molecule has 1 aromatic rings. The van der Waals surface area contributed by atoms with Gasteiger partial charge in [-0.25, -0.2) is 0 Å². The van der Waals surface area contributed by atoms with Gasteiger partial charge in [0, 0.05) is 13.1 Å². The van der Waals surface area contributed by atoms with Gasteiger partial charge in [-0.05, 0) is 17.7 Å². The minimum atomic E-state index is -0.201. The SMILES string of the molecule is COC(=O)[C@@H](C)CNCc1ccc2c(c1)OCO2. The van der Waals surface area contributed by atoms with Crippen molar-refractivity contribution in [3.63, 3.8) is 0 Å². The fourth-order valence-corrected chi connectivity index (χ4v) is 1.77. The van der Waals surface area contributed by atoms with Crippen LogP contribution in [-0.4, -0.2) is 26.4 Å². The third kappa shape index (κ3) is 2.92. The van der Waals surface area contributed by atoms with Crippen LogP contribution in [0.1, 0.15) is 12.5 Å². The van der Waals surface area contributed by atoms with Crippen molar-refractivity contribution in [2.24, 2.45) is 5.92 Å². The number of benzene rings is 1. The molecule has 1 aromatic carbocycles. The molecule has 0 radical (unpaired) electrons. The summed E-state index contributed by atoms with van der Waals surface area (Å²) in [4.78, 5) is 11.2. The van der Waals surface area contributed by atoms with Crippen LogP contribution in [0, 0.1) is 5.92 Å². The normalized spacial score (nSPS) is 14.3. The second-order valence-corrected chi connectivity index (χ2v) is 4.24. The summed E-state index contributed by atoms with van der Waals surface area (Å²) >= 11 is 0. The van der Waals surface area contributed by atoms with Gasteiger partial charge in [0.25, 0.3) is 0 Å². The average molecular weight is 251 g/mol. The van der Waals surface area contributed by atoms with Crippen molar-refractivity contribution in [2.75, 3.05) is 20.4 Å². The number of nitrogens with one attached hydrogen (secondary N) is 1. The van der Waals surface area contributed by atoms with E-state index in [1.165, 1.54) is 7.11 Å². The highest BCUT2D eigenvalue weighted by Crippen LogP contribution is 2.32. The number of ether oxygens (including phenoxy) is 3. The molecule has 0 saturated heterocycles. The molecule has 1 aliphatic rings. The maximum absolute atomic E-state index is 11.2. The van der Waals surface area contributed by atoms with E-state index in [4.69, 9.17) is 9.47 Å². The second-order valence-electron chi connectivity index (χ2n) is 4.24. The molecule has 1 heterocycles. The van der Waals surface area contributed by atoms with Gasteiger partial charge in [0.1, 0.15) is 0 Å². The minimum absolute atomic E-state index is 0.149. The predicted molar refractivity (Wildman–Crippen MR) is 65.5 cm³/mol. The van der Waals surface area contributed by atoms with E-state index < -0.39 is 0 Å². The molecule has 1 aliphatic heterocycles. The highest BCUT2D eigenvalue weighted by atomic mass is 16.7. The van der Waals surface area contributed by atoms with E-state index in [-0.39, 0.29) is 18.7 Å². The Hall–Kier alpha value is -1.75. The Kier molecular flexibility index (Phi) is 4.04. The van der Waals surface area contributed by atoms with Gasteiger partial charge in [0.05, 0.1) is 13.0 Å². The van der Waals surface area contributed by atoms with E-state index in [2.05, 4.69) is 10.1 Å². The van der Waals surface area contributed by atoms with Crippen LogP contribution in [0.5, 0.6) is 11.5 Å². The maximum atomic E-state index is 11.2. The number of carbonyl (C=O) groups is 1. The number of methoxy groups -OCH3 is 1. The molecule has 0 aliphatic carbocycles. The van der Waals surface area contributed by atoms with Crippen LogP contribution in [-0.2, 0) is 16.1 Å². The van der Waals surface area contributed by atoms with Crippen molar-refractivity contribution >= 4 is 5.97 Å². The molecule has 1 N–H and O–H groups in total. The summed E-state index contributed by atoms with van der Waals surface area (Å²) in [6.07, 6.45) is 0. The van der Waals surface area contributed by atoms with Crippen molar-refractivity contribution in [2.45, 2.75) is 13.5 Å². The molecular formula is C13H17NO4. The van der Waals surface area contributed by atoms with Crippen LogP contribution >= 0.6 is 0 Å². The molecule has 0 spiro atoms. The van der Waals surface area contributed by atoms with Gasteiger partial charge >= 0.3 is 5.97 Å². The van der Waals surface area contributed by atoms with Gasteiger partial charge in [-0.1, -0.05) is 13.0 Å². The van der Waals surface area contributed by atoms with Gasteiger partial charge in [-0.15, -0.1) is 0 Å². The molecule has 5 heteroatoms. The van der Waals surface area contributed by atoms with Crippen molar-refractivity contribution < 1.29 is 19.0 Å². The summed E-state index contributed by atoms with van der Waals surface area (Å²) in [7, 11) is 1.40. The van der Waals surface area contributed by atoms with Crippen LogP contribution in [0.15, 0.2) is 18.2 Å². The van der Waals surface area contributed by atoms with E-state index in [0.717, 1.165) is 17.1 Å². The molecule has 1 atom stereocenters. The lowest BCUT2D eigenvalue weighted by atomic mass is 10.1. The topological polar surface area (TPSA) is 56.8 Å². The lowest BCUT2D eigenvalue weighted by Crippen LogP contribution is -2.26. The molecule has 0 unspecified atom stereocenters. The zero-order valence-corrected chi connectivity index (χ0v) is 10.6. The van der Waals surface area contributed by atoms with Crippen molar-refractivity contribution in [3.05, 3.63) is 23.8 Å². The van der Waals surface area contributed by atoms with Crippen molar-refractivity contribution in [3.8, 4) is 11.5 Å². The van der Waals surface area contributed by atoms with E-state index in [9.17, 15) is 4.79 Å². The van der Waals surface area contributed by atoms with Crippen LogP contribution in [0.3, 0.4) is 0 Å². The zero-order chi connectivity index (χ0) is 13.0. The molecule has 2 rings (SSSR count). The molecule has 0 bridgehead atoms. The molecule has 18 heavy (non-hydrogen) atoms. The standard InChI is InChI=1S/C13H17NO4/c1-9(13(15)16-2)6-14-7-10-3-4-11-12(5-10)18-8-17-11/h3-5,9,14H,6-8H2,1-2H3/t9-/m0/s1. The van der Waals surface area contributed by atoms with Gasteiger partial charge < -0.3 is 19.5 Å². The number of carbonyl (C=O) groups excluding carboxylic acids is 1. The molecule has 0 aromatic heterocycles. The van der Waals surface area contributed by atoms with E-state index >= 15 is 0 Å². The summed E-state index contributed by atoms with van der Waals surface area (Å²) in [5.41, 5.74) is 1.09. The summed E-state index contributed by atoms with van der Waals surface area (Å²) in [6.45, 7) is 3.38. The lowest BCUT2D eigenvalue weighted by molar-refractivity contribution is -0.144. The monoisotopic (exact) mass is 251 g/mol. The first-order valence-corrected chi connectivity index (χ1v) is 5.88. The third-order valence-electron chi connectivity index (χ3n) is 2.82. The molecule has 0 amide bonds. The zero-order valence-electron chi connectivity index (χ0n) is 10.6. The van der Waals surface area contributed by atoms with Gasteiger partial charge in [-0.2, -0.15) is 0 Å². The van der Waals surface area contributed by atoms with E-state index in [1.807, 2.05) is 25.1 Å². The molecule has 0 saturated carbocycles. The summed E-state index contributed by atoms with van der Waals surface area (Å²) in [5.74, 6) is 1.20. The first-order valence-electron chi connectivity index (χ1n) is 5.88. The smallest absolute Gasteiger partial charge is 0.309 e. The predicted octanol–water partition coefficient (Wildman–Crippen LogP) is 1.31. The maximum Gasteiger partial charge on any atom is 0.309 e. The van der Waals surface area contributed by atoms with E-state index in [0.29, 0.717) is 13.1 Å². The Bertz CT molecular complexity index is 433. The summed E-state index contributed by atoms with van der Waals surface area (Å²) in [5, 5.41) is 3.21. The van der Waals surface area contributed by atoms with Crippen LogP contribution < -0.4 is 14.8 Å². The summed E-state index contributed by atoms with van der Waals surface area (Å²) in [6, 6.07) is 5.81. The molecular weight excluding hydrogens is 234 g/mol. The van der Waals surface area contributed by atoms with Gasteiger partial charge in [0.2, 0.25) is 6.79 Å². The second kappa shape index (κ2) is 5.73. The van der Waals surface area contributed by atoms with Gasteiger partial charge in [-0.3, -0.25) is 4.79 Å². The molecule has 0 fully saturated rings. The van der Waals surface area contributed by atoms with Crippen molar-refractivity contribution in [1.82, 2.24) is 5.32 Å². The quantitative estimate of drug-likeness (QED) is 0.800. The third-order valence-corrected chi connectivity index (χ3v) is 2.82. The fourth-order valence-electron chi connectivity index (χ4n) is 1.77. The minimum Gasteiger partial charge on any atom is -0.469 e. The molecule has 5 nitrogen and oxygen atoms in total. The highest BCUT2D eigenvalue weighted by molar-refractivity contribution is 5.72. The Morgan fingerprint density at radius 1 is 1.44 bits per heavy atom. The Balaban J connectivity index is 1.82. The molecule has 98 valence electrons. The Morgan fingerprint density at radius 3 is 3.00 bits per heavy atom. The first kappa shape index (κ1) is 12.7. The Morgan fingerprint density at radius 2 is 2.22 bits per heavy atom. The summed E-state index contributed by atoms with van der Waals surface area (Å²) < 4.78 is 15.2. The lowest BCUT2D eigenvalue weighted by Gasteiger charge is -2.10. The average Bonchev–Trinajstić information content (AvgIpc) is 2.85. The van der Waals surface area contributed by atoms with Gasteiger partial charge in [0.15, 0.2) is 11.5 Å². The number of hydrogen-bond acceptors (Lipinski definition) is 5. The van der Waals surface area contributed by atoms with Crippen LogP contribution in [0.25, 0.3) is 0 Å². The van der Waals surface area contributed by atoms with Crippen LogP contribution in [0.2, 0.25) is 0 Å². The number of esters is 1. The largest absolute Gasteiger partial charge is 0.469 e. The number of fused-ring (bicyclic) bond motifs is 1. The van der Waals surface area contributed by atoms with E-state index in [1.54, 1.807) is 0 Å². The Labute approximate surface area is 106 Å². The first-order chi connectivity index (χ1) is 8.70. The van der Waals surface area contributed by atoms with Crippen LogP contribution in [0.4, 0.5) is 0 Å². The fraction of sp³-hybridized carbons (Fsp3) is 0.462. The van der Waals surface area contributed by atoms with Crippen molar-refractivity contribution in [1.29, 1.82) is 0 Å².